The van der Waals surface area contributed by atoms with Crippen LogP contribution in [0, 0.1) is 0 Å². The Kier molecular flexibility index (Phi) is 6.76. The average molecular weight is 384 g/mol. The molecule has 6 heteroatoms. The number of likely N-dealkylation sites (tertiary alicyclic amines) is 1. The monoisotopic (exact) mass is 383 g/mol. The molecule has 1 atom stereocenters. The maximum absolute atomic E-state index is 12.5. The van der Waals surface area contributed by atoms with E-state index in [9.17, 15) is 9.59 Å². The van der Waals surface area contributed by atoms with Gasteiger partial charge in [0.15, 0.2) is 0 Å². The summed E-state index contributed by atoms with van der Waals surface area (Å²) in [5.74, 6) is 0.341. The number of hydrogen-bond donors (Lipinski definition) is 1. The van der Waals surface area contributed by atoms with E-state index in [1.165, 1.54) is 6.92 Å². The van der Waals surface area contributed by atoms with Gasteiger partial charge in [0.25, 0.3) is 0 Å². The number of thiazole rings is 1. The first-order chi connectivity index (χ1) is 13.1. The molecule has 2 heterocycles. The number of amides is 2. The zero-order chi connectivity index (χ0) is 19.1. The minimum atomic E-state index is -0.0181. The molecule has 1 saturated heterocycles. The molecule has 1 aliphatic heterocycles. The summed E-state index contributed by atoms with van der Waals surface area (Å²) in [5.41, 5.74) is 2.04. The van der Waals surface area contributed by atoms with Crippen LogP contribution < -0.4 is 5.32 Å². The molecule has 2 aromatic rings. The Balaban J connectivity index is 1.56. The molecule has 0 saturated carbocycles. The summed E-state index contributed by atoms with van der Waals surface area (Å²) in [7, 11) is 0. The van der Waals surface area contributed by atoms with Crippen molar-refractivity contribution in [1.82, 2.24) is 15.2 Å². The third kappa shape index (κ3) is 5.76. The fraction of sp³-hybridized carbons (Fsp3) is 0.381. The van der Waals surface area contributed by atoms with Crippen molar-refractivity contribution in [3.63, 3.8) is 0 Å². The van der Waals surface area contributed by atoms with Crippen LogP contribution in [0.15, 0.2) is 41.8 Å². The summed E-state index contributed by atoms with van der Waals surface area (Å²) < 4.78 is 0. The first-order valence-corrected chi connectivity index (χ1v) is 10.2. The second-order valence-corrected chi connectivity index (χ2v) is 7.67. The molecular formula is C21H25N3O2S. The molecule has 1 aliphatic rings. The van der Waals surface area contributed by atoms with Crippen LogP contribution in [0.4, 0.5) is 0 Å². The highest BCUT2D eigenvalue weighted by molar-refractivity contribution is 7.09. The van der Waals surface area contributed by atoms with Crippen molar-refractivity contribution in [2.45, 2.75) is 32.1 Å². The lowest BCUT2D eigenvalue weighted by Gasteiger charge is -2.31. The molecule has 0 spiro atoms. The van der Waals surface area contributed by atoms with Crippen LogP contribution in [0.1, 0.15) is 41.9 Å². The van der Waals surface area contributed by atoms with Crippen molar-refractivity contribution in [3.05, 3.63) is 58.1 Å². The highest BCUT2D eigenvalue weighted by Crippen LogP contribution is 2.29. The molecule has 2 amide bonds. The molecule has 3 rings (SSSR count). The lowest BCUT2D eigenvalue weighted by Crippen LogP contribution is -2.38. The zero-order valence-electron chi connectivity index (χ0n) is 15.6. The predicted octanol–water partition coefficient (Wildman–Crippen LogP) is 3.24. The molecule has 0 aliphatic carbocycles. The summed E-state index contributed by atoms with van der Waals surface area (Å²) in [6.45, 7) is 3.65. The van der Waals surface area contributed by atoms with Crippen LogP contribution in [0.25, 0.3) is 6.08 Å². The lowest BCUT2D eigenvalue weighted by atomic mass is 9.98. The Morgan fingerprint density at radius 2 is 2.15 bits per heavy atom. The lowest BCUT2D eigenvalue weighted by molar-refractivity contribution is -0.127. The van der Waals surface area contributed by atoms with Crippen molar-refractivity contribution in [2.24, 2.45) is 0 Å². The van der Waals surface area contributed by atoms with Crippen LogP contribution in [0.2, 0.25) is 0 Å². The van der Waals surface area contributed by atoms with E-state index in [0.717, 1.165) is 48.6 Å². The molecule has 1 fully saturated rings. The SMILES string of the molecule is CC(=O)NCCc1csc([C@H]2CCCN(C(=O)/C=C/c3ccccc3)C2)n1. The van der Waals surface area contributed by atoms with Gasteiger partial charge in [0.1, 0.15) is 0 Å². The fourth-order valence-electron chi connectivity index (χ4n) is 3.21. The quantitative estimate of drug-likeness (QED) is 0.779. The predicted molar refractivity (Wildman–Crippen MR) is 109 cm³/mol. The first kappa shape index (κ1) is 19.3. The van der Waals surface area contributed by atoms with E-state index in [2.05, 4.69) is 10.7 Å². The molecule has 0 bridgehead atoms. The van der Waals surface area contributed by atoms with Gasteiger partial charge >= 0.3 is 0 Å². The number of piperidine rings is 1. The van der Waals surface area contributed by atoms with Gasteiger partial charge in [-0.2, -0.15) is 0 Å². The highest BCUT2D eigenvalue weighted by Gasteiger charge is 2.25. The summed E-state index contributed by atoms with van der Waals surface area (Å²) in [6.07, 6.45) is 6.33. The van der Waals surface area contributed by atoms with E-state index in [1.54, 1.807) is 17.4 Å². The van der Waals surface area contributed by atoms with Gasteiger partial charge in [0.05, 0.1) is 10.7 Å². The Hall–Kier alpha value is -2.47. The third-order valence-corrected chi connectivity index (χ3v) is 5.68. The van der Waals surface area contributed by atoms with Gasteiger partial charge in [-0.15, -0.1) is 11.3 Å². The van der Waals surface area contributed by atoms with Crippen LogP contribution >= 0.6 is 11.3 Å². The molecule has 142 valence electrons. The van der Waals surface area contributed by atoms with Crippen molar-refractivity contribution in [3.8, 4) is 0 Å². The Bertz CT molecular complexity index is 801. The van der Waals surface area contributed by atoms with Gasteiger partial charge in [-0.1, -0.05) is 30.3 Å². The fourth-order valence-corrected chi connectivity index (χ4v) is 4.19. The van der Waals surface area contributed by atoms with Gasteiger partial charge < -0.3 is 10.2 Å². The zero-order valence-corrected chi connectivity index (χ0v) is 16.4. The average Bonchev–Trinajstić information content (AvgIpc) is 3.16. The van der Waals surface area contributed by atoms with Crippen LogP contribution in [0.5, 0.6) is 0 Å². The smallest absolute Gasteiger partial charge is 0.246 e. The molecule has 1 aromatic carbocycles. The van der Waals surface area contributed by atoms with E-state index >= 15 is 0 Å². The number of hydrogen-bond acceptors (Lipinski definition) is 4. The highest BCUT2D eigenvalue weighted by atomic mass is 32.1. The molecule has 27 heavy (non-hydrogen) atoms. The number of nitrogens with one attached hydrogen (secondary N) is 1. The molecular weight excluding hydrogens is 358 g/mol. The Morgan fingerprint density at radius 3 is 2.93 bits per heavy atom. The van der Waals surface area contributed by atoms with Gasteiger partial charge in [-0.3, -0.25) is 9.59 Å². The summed E-state index contributed by atoms with van der Waals surface area (Å²) in [5, 5.41) is 5.96. The van der Waals surface area contributed by atoms with E-state index in [1.807, 2.05) is 41.3 Å². The number of carbonyl (C=O) groups is 2. The molecule has 0 radical (unpaired) electrons. The second-order valence-electron chi connectivity index (χ2n) is 6.78. The number of carbonyl (C=O) groups excluding carboxylic acids is 2. The van der Waals surface area contributed by atoms with E-state index in [-0.39, 0.29) is 11.8 Å². The summed E-state index contributed by atoms with van der Waals surface area (Å²) in [4.78, 5) is 30.2. The maximum atomic E-state index is 12.5. The maximum Gasteiger partial charge on any atom is 0.246 e. The van der Waals surface area contributed by atoms with Crippen molar-refractivity contribution >= 4 is 29.2 Å². The van der Waals surface area contributed by atoms with E-state index in [4.69, 9.17) is 4.98 Å². The van der Waals surface area contributed by atoms with Crippen molar-refractivity contribution in [1.29, 1.82) is 0 Å². The number of benzene rings is 1. The van der Waals surface area contributed by atoms with Gasteiger partial charge in [0, 0.05) is 50.4 Å². The Labute approximate surface area is 164 Å². The minimum absolute atomic E-state index is 0.0181. The molecule has 1 N–H and O–H groups in total. The topological polar surface area (TPSA) is 62.3 Å². The van der Waals surface area contributed by atoms with E-state index < -0.39 is 0 Å². The van der Waals surface area contributed by atoms with Crippen molar-refractivity contribution in [2.75, 3.05) is 19.6 Å². The normalized spacial score (nSPS) is 17.2. The second kappa shape index (κ2) is 9.46. The Morgan fingerprint density at radius 1 is 1.33 bits per heavy atom. The number of rotatable bonds is 6. The largest absolute Gasteiger partial charge is 0.356 e. The molecule has 1 aromatic heterocycles. The van der Waals surface area contributed by atoms with Gasteiger partial charge in [-0.05, 0) is 24.5 Å². The number of nitrogens with zero attached hydrogens (tertiary/aromatic N) is 2. The van der Waals surface area contributed by atoms with Crippen LogP contribution in [0.3, 0.4) is 0 Å². The molecule has 0 unspecified atom stereocenters. The van der Waals surface area contributed by atoms with Gasteiger partial charge in [0.2, 0.25) is 11.8 Å². The number of aromatic nitrogens is 1. The van der Waals surface area contributed by atoms with Gasteiger partial charge in [-0.25, -0.2) is 4.98 Å². The summed E-state index contributed by atoms with van der Waals surface area (Å²) >= 11 is 1.66. The minimum Gasteiger partial charge on any atom is -0.356 e. The van der Waals surface area contributed by atoms with E-state index in [0.29, 0.717) is 12.5 Å². The summed E-state index contributed by atoms with van der Waals surface area (Å²) in [6, 6.07) is 9.87. The first-order valence-electron chi connectivity index (χ1n) is 9.32. The van der Waals surface area contributed by atoms with Crippen molar-refractivity contribution < 1.29 is 9.59 Å². The van der Waals surface area contributed by atoms with Crippen LogP contribution in [-0.4, -0.2) is 41.3 Å². The third-order valence-electron chi connectivity index (χ3n) is 4.62. The molecule has 5 nitrogen and oxygen atoms in total. The standard InChI is InChI=1S/C21H25N3O2S/c1-16(25)22-12-11-19-15-27-21(23-19)18-8-5-13-24(14-18)20(26)10-9-17-6-3-2-4-7-17/h2-4,6-7,9-10,15,18H,5,8,11-14H2,1H3,(H,22,25)/b10-9+/t18-/m0/s1. The van der Waals surface area contributed by atoms with Crippen LogP contribution in [-0.2, 0) is 16.0 Å².